The van der Waals surface area contributed by atoms with Crippen LogP contribution in [0.4, 0.5) is 11.5 Å². The van der Waals surface area contributed by atoms with E-state index < -0.39 is 35.7 Å². The summed E-state index contributed by atoms with van der Waals surface area (Å²) in [6.45, 7) is 6.76. The van der Waals surface area contributed by atoms with Crippen molar-refractivity contribution in [2.45, 2.75) is 57.2 Å². The molecule has 5 aromatic rings. The number of carbonyl (C=O) groups is 6. The molecule has 382 valence electrons. The van der Waals surface area contributed by atoms with Gasteiger partial charge in [0.2, 0.25) is 23.6 Å². The van der Waals surface area contributed by atoms with E-state index in [0.717, 1.165) is 27.2 Å². The number of pyridine rings is 1. The van der Waals surface area contributed by atoms with E-state index in [0.29, 0.717) is 109 Å². The maximum absolute atomic E-state index is 13.6. The Labute approximate surface area is 423 Å². The number of carbonyl (C=O) groups excluding carboxylic acids is 6. The van der Waals surface area contributed by atoms with Gasteiger partial charge in [0, 0.05) is 68.2 Å². The van der Waals surface area contributed by atoms with E-state index in [4.69, 9.17) is 24.2 Å². The highest BCUT2D eigenvalue weighted by atomic mass is 16.6. The predicted molar refractivity (Wildman–Crippen MR) is 268 cm³/mol. The van der Waals surface area contributed by atoms with Gasteiger partial charge in [-0.25, -0.2) is 4.98 Å². The van der Waals surface area contributed by atoms with Gasteiger partial charge < -0.3 is 40.2 Å². The van der Waals surface area contributed by atoms with Crippen molar-refractivity contribution in [2.24, 2.45) is 0 Å². The van der Waals surface area contributed by atoms with Crippen molar-refractivity contribution in [3.63, 3.8) is 0 Å². The molecular formula is C53H60N10O10. The van der Waals surface area contributed by atoms with E-state index in [-0.39, 0.29) is 41.7 Å². The summed E-state index contributed by atoms with van der Waals surface area (Å²) >= 11 is 0. The molecule has 5 N–H and O–H groups in total. The normalized spacial score (nSPS) is 15.1. The lowest BCUT2D eigenvalue weighted by molar-refractivity contribution is -0.136. The molecule has 3 aromatic carbocycles. The molecule has 20 nitrogen and oxygen atoms in total. The zero-order valence-corrected chi connectivity index (χ0v) is 40.7. The molecule has 0 bridgehead atoms. The third-order valence-electron chi connectivity index (χ3n) is 12.1. The molecule has 1 saturated heterocycles. The lowest BCUT2D eigenvalue weighted by atomic mass is 9.98. The minimum absolute atomic E-state index is 0.0521. The zero-order valence-electron chi connectivity index (χ0n) is 40.7. The van der Waals surface area contributed by atoms with Crippen LogP contribution < -0.4 is 26.6 Å². The van der Waals surface area contributed by atoms with Crippen LogP contribution in [0.25, 0.3) is 11.1 Å². The molecule has 7 rings (SSSR count). The highest BCUT2D eigenvalue weighted by Crippen LogP contribution is 2.32. The number of imide groups is 2. The van der Waals surface area contributed by atoms with Crippen molar-refractivity contribution in [1.82, 2.24) is 35.6 Å². The molecule has 1 fully saturated rings. The fraction of sp³-hybridized carbons (Fsp3) is 0.377. The largest absolute Gasteiger partial charge is 0.382 e. The van der Waals surface area contributed by atoms with Crippen molar-refractivity contribution < 1.29 is 47.7 Å². The van der Waals surface area contributed by atoms with E-state index in [9.17, 15) is 28.8 Å². The van der Waals surface area contributed by atoms with Crippen LogP contribution >= 0.6 is 0 Å². The smallest absolute Gasteiger partial charge is 0.264 e. The van der Waals surface area contributed by atoms with Crippen molar-refractivity contribution in [2.75, 3.05) is 83.1 Å². The first-order chi connectivity index (χ1) is 35.6. The second-order valence-corrected chi connectivity index (χ2v) is 17.3. The minimum Gasteiger partial charge on any atom is -0.382 e. The Morgan fingerprint density at radius 2 is 1.51 bits per heavy atom. The van der Waals surface area contributed by atoms with Gasteiger partial charge in [-0.05, 0) is 66.3 Å². The summed E-state index contributed by atoms with van der Waals surface area (Å²) in [5.74, 6) is -2.02. The molecule has 73 heavy (non-hydrogen) atoms. The molecule has 2 aliphatic rings. The van der Waals surface area contributed by atoms with Gasteiger partial charge in [0.1, 0.15) is 17.9 Å². The maximum atomic E-state index is 13.6. The first kappa shape index (κ1) is 53.1. The van der Waals surface area contributed by atoms with Crippen LogP contribution in [0.2, 0.25) is 0 Å². The van der Waals surface area contributed by atoms with Crippen LogP contribution in [0.3, 0.4) is 0 Å². The number of hydrogen-bond donors (Lipinski definition) is 5. The second kappa shape index (κ2) is 27.2. The summed E-state index contributed by atoms with van der Waals surface area (Å²) in [7, 11) is 0. The Bertz CT molecular complexity index is 2710. The number of benzene rings is 3. The fourth-order valence-corrected chi connectivity index (χ4v) is 8.21. The summed E-state index contributed by atoms with van der Waals surface area (Å²) in [6.07, 6.45) is 6.40. The highest BCUT2D eigenvalue weighted by molar-refractivity contribution is 6.25. The number of aryl methyl sites for hydroxylation is 1. The maximum Gasteiger partial charge on any atom is 0.264 e. The Kier molecular flexibility index (Phi) is 19.8. The van der Waals surface area contributed by atoms with E-state index in [1.54, 1.807) is 53.5 Å². The van der Waals surface area contributed by atoms with E-state index >= 15 is 0 Å². The minimum atomic E-state index is -1.03. The second-order valence-electron chi connectivity index (χ2n) is 17.3. The lowest BCUT2D eigenvalue weighted by Crippen LogP contribution is -2.54. The van der Waals surface area contributed by atoms with Gasteiger partial charge in [0.25, 0.3) is 11.8 Å². The average Bonchev–Trinajstić information content (AvgIpc) is 3.98. The number of aromatic nitrogens is 3. The number of fused-ring (bicyclic) bond motifs is 1. The number of ether oxygens (including phenoxy) is 4. The Morgan fingerprint density at radius 3 is 2.19 bits per heavy atom. The molecule has 4 heterocycles. The Balaban J connectivity index is 0.685. The molecule has 6 amide bonds. The van der Waals surface area contributed by atoms with Crippen LogP contribution in [-0.2, 0) is 44.7 Å². The lowest BCUT2D eigenvalue weighted by Gasteiger charge is -2.27. The molecule has 0 saturated carbocycles. The third kappa shape index (κ3) is 15.2. The third-order valence-corrected chi connectivity index (χ3v) is 12.1. The van der Waals surface area contributed by atoms with Gasteiger partial charge in [-0.1, -0.05) is 55.5 Å². The molecule has 1 unspecified atom stereocenters. The quantitative estimate of drug-likeness (QED) is 0.0329. The van der Waals surface area contributed by atoms with Crippen molar-refractivity contribution in [1.29, 1.82) is 5.26 Å². The van der Waals surface area contributed by atoms with Crippen LogP contribution in [-0.4, -0.2) is 134 Å². The highest BCUT2D eigenvalue weighted by Gasteiger charge is 2.45. The van der Waals surface area contributed by atoms with Gasteiger partial charge in [0.05, 0.1) is 81.8 Å². The topological polar surface area (TPSA) is 257 Å². The van der Waals surface area contributed by atoms with Crippen molar-refractivity contribution >= 4 is 46.9 Å². The van der Waals surface area contributed by atoms with Crippen molar-refractivity contribution in [3.8, 4) is 17.2 Å². The molecule has 3 atom stereocenters. The standard InChI is InChI=1S/C53H60N10O10/c1-36(38-14-12-37(31-54)13-15-38)32-58-49(39-7-3-2-4-8-39)51(67)60-45-18-16-40(33-57-45)41-34-59-62(35-41)22-6-11-46(64)56-21-24-71-26-28-73-30-29-72-27-25-70-23-20-55-43-10-5-9-42-48(43)53(69)63(52(42)68)44-17-19-47(65)61-50(44)66/h2-5,7-10,12-16,18,33-36,44,49,55,58H,6,11,17,19-30,32H2,1H3,(H,56,64)(H,57,60,67)(H,61,65,66)/t36-,44?,49-/m1/s1. The summed E-state index contributed by atoms with van der Waals surface area (Å²) < 4.78 is 24.1. The number of nitrogens with zero attached hydrogens (tertiary/aromatic N) is 5. The van der Waals surface area contributed by atoms with Crippen LogP contribution in [0.1, 0.15) is 82.0 Å². The molecule has 0 aliphatic carbocycles. The number of hydrogen-bond acceptors (Lipinski definition) is 15. The number of piperidine rings is 1. The first-order valence-corrected chi connectivity index (χ1v) is 24.3. The van der Waals surface area contributed by atoms with Crippen LogP contribution in [0.5, 0.6) is 0 Å². The van der Waals surface area contributed by atoms with Crippen LogP contribution in [0, 0.1) is 11.3 Å². The van der Waals surface area contributed by atoms with E-state index in [2.05, 4.69) is 49.7 Å². The number of nitrogens with one attached hydrogen (secondary N) is 5. The molecule has 20 heteroatoms. The fourth-order valence-electron chi connectivity index (χ4n) is 8.21. The molecule has 2 aromatic heterocycles. The monoisotopic (exact) mass is 996 g/mol. The summed E-state index contributed by atoms with van der Waals surface area (Å²) in [5, 5.41) is 28.1. The number of nitriles is 1. The summed E-state index contributed by atoms with van der Waals surface area (Å²) in [6, 6.07) is 26.0. The van der Waals surface area contributed by atoms with Gasteiger partial charge in [0.15, 0.2) is 0 Å². The van der Waals surface area contributed by atoms with Gasteiger partial charge in [-0.2, -0.15) is 10.4 Å². The molecule has 0 radical (unpaired) electrons. The average molecular weight is 997 g/mol. The Hall–Kier alpha value is -7.67. The molecule has 0 spiro atoms. The van der Waals surface area contributed by atoms with Gasteiger partial charge in [-0.15, -0.1) is 0 Å². The van der Waals surface area contributed by atoms with Crippen LogP contribution in [0.15, 0.2) is 104 Å². The summed E-state index contributed by atoms with van der Waals surface area (Å²) in [4.78, 5) is 81.6. The van der Waals surface area contributed by atoms with E-state index in [1.807, 2.05) is 54.7 Å². The number of amides is 6. The number of anilines is 2. The van der Waals surface area contributed by atoms with Gasteiger partial charge >= 0.3 is 0 Å². The molecule has 2 aliphatic heterocycles. The van der Waals surface area contributed by atoms with Gasteiger partial charge in [-0.3, -0.25) is 43.7 Å². The number of rotatable bonds is 29. The first-order valence-electron chi connectivity index (χ1n) is 24.3. The SMILES string of the molecule is C[C@H](CN[C@@H](C(=O)Nc1ccc(-c2cnn(CCCC(=O)NCCOCCOCCOCCOCCNc3cccc4c3C(=O)N(C3CCC(=O)NC3=O)C4=O)c2)cn1)c1ccccc1)c1ccc(C#N)cc1. The summed E-state index contributed by atoms with van der Waals surface area (Å²) in [5.41, 5.74) is 5.04. The zero-order chi connectivity index (χ0) is 51.4. The van der Waals surface area contributed by atoms with Crippen molar-refractivity contribution in [3.05, 3.63) is 131 Å². The predicted octanol–water partition coefficient (Wildman–Crippen LogP) is 4.37. The van der Waals surface area contributed by atoms with E-state index in [1.165, 1.54) is 0 Å². The molecular weight excluding hydrogens is 937 g/mol. The Morgan fingerprint density at radius 1 is 0.795 bits per heavy atom.